The number of nitriles is 1. The molecule has 1 aromatic heterocycles. The van der Waals surface area contributed by atoms with Crippen LogP contribution in [0.1, 0.15) is 11.1 Å². The predicted octanol–water partition coefficient (Wildman–Crippen LogP) is 5.87. The Morgan fingerprint density at radius 2 is 1.72 bits per heavy atom. The molecule has 0 spiro atoms. The molecule has 12 heteroatoms. The molecule has 2 rings (SSSR count). The lowest BCUT2D eigenvalue weighted by atomic mass is 10.2. The molecule has 0 unspecified atom stereocenters. The molecule has 25 heavy (non-hydrogen) atoms. The zero-order chi connectivity index (χ0) is 19.2. The third-order valence-electron chi connectivity index (χ3n) is 2.95. The highest BCUT2D eigenvalue weighted by Crippen LogP contribution is 2.46. The lowest BCUT2D eigenvalue weighted by molar-refractivity contribution is -0.137. The molecule has 2 aromatic rings. The minimum Gasteiger partial charge on any atom is -0.384 e. The summed E-state index contributed by atoms with van der Waals surface area (Å²) >= 11 is 11.0. The van der Waals surface area contributed by atoms with Crippen molar-refractivity contribution in [3.63, 3.8) is 0 Å². The van der Waals surface area contributed by atoms with Crippen LogP contribution in [0.25, 0.3) is 5.69 Å². The minimum absolute atomic E-state index is 0.192. The topological polar surface area (TPSA) is 54.7 Å². The fourth-order valence-electron chi connectivity index (χ4n) is 1.96. The highest BCUT2D eigenvalue weighted by atomic mass is 35.5. The maximum Gasteiger partial charge on any atom is 0.446 e. The molecule has 2 N–H and O–H groups in total. The van der Waals surface area contributed by atoms with Gasteiger partial charge in [0.05, 0.1) is 21.2 Å². The van der Waals surface area contributed by atoms with Crippen LogP contribution in [0, 0.1) is 11.3 Å². The fraction of sp³-hybridized carbons (Fsp3) is 0.154. The van der Waals surface area contributed by atoms with Gasteiger partial charge in [-0.05, 0) is 30.0 Å². The van der Waals surface area contributed by atoms with Crippen molar-refractivity contribution in [3.05, 3.63) is 39.5 Å². The molecule has 0 saturated heterocycles. The molecule has 0 fully saturated rings. The second-order valence-corrected chi connectivity index (χ2v) is 6.38. The molecule has 0 radical (unpaired) electrons. The molecule has 0 amide bonds. The van der Waals surface area contributed by atoms with Crippen LogP contribution in [0.4, 0.5) is 32.2 Å². The predicted molar refractivity (Wildman–Crippen MR) is 81.8 cm³/mol. The van der Waals surface area contributed by atoms with Crippen molar-refractivity contribution in [1.29, 1.82) is 5.26 Å². The molecule has 0 aliphatic heterocycles. The molecular weight excluding hydrogens is 415 g/mol. The quantitative estimate of drug-likeness (QED) is 0.489. The van der Waals surface area contributed by atoms with Crippen molar-refractivity contribution in [1.82, 2.24) is 4.57 Å². The maximum absolute atomic E-state index is 12.7. The van der Waals surface area contributed by atoms with Gasteiger partial charge in [0.25, 0.3) is 0 Å². The normalized spacial score (nSPS) is 12.3. The molecule has 0 aliphatic carbocycles. The van der Waals surface area contributed by atoms with Gasteiger partial charge in [-0.1, -0.05) is 23.2 Å². The summed E-state index contributed by atoms with van der Waals surface area (Å²) in [4.78, 5) is -0.657. The number of alkyl halides is 6. The number of halogens is 8. The maximum atomic E-state index is 12.7. The first-order valence-corrected chi connectivity index (χ1v) is 7.66. The van der Waals surface area contributed by atoms with E-state index < -0.39 is 55.5 Å². The number of nitrogen functional groups attached to an aromatic ring is 1. The second-order valence-electron chi connectivity index (χ2n) is 4.54. The summed E-state index contributed by atoms with van der Waals surface area (Å²) in [6, 6.07) is 3.64. The highest BCUT2D eigenvalue weighted by Gasteiger charge is 2.36. The van der Waals surface area contributed by atoms with Crippen LogP contribution in [0.15, 0.2) is 23.1 Å². The van der Waals surface area contributed by atoms with E-state index in [9.17, 15) is 26.3 Å². The zero-order valence-electron chi connectivity index (χ0n) is 11.6. The first-order valence-electron chi connectivity index (χ1n) is 6.09. The Labute approximate surface area is 150 Å². The van der Waals surface area contributed by atoms with Gasteiger partial charge in [0.15, 0.2) is 0 Å². The molecule has 134 valence electrons. The molecule has 0 aliphatic rings. The summed E-state index contributed by atoms with van der Waals surface area (Å²) in [6.45, 7) is 0. The Kier molecular flexibility index (Phi) is 5.14. The first kappa shape index (κ1) is 19.6. The van der Waals surface area contributed by atoms with Crippen molar-refractivity contribution in [2.24, 2.45) is 0 Å². The third kappa shape index (κ3) is 3.94. The number of aromatic nitrogens is 1. The van der Waals surface area contributed by atoms with Crippen LogP contribution in [-0.4, -0.2) is 10.1 Å². The Balaban J connectivity index is 2.67. The monoisotopic (exact) mass is 419 g/mol. The van der Waals surface area contributed by atoms with Gasteiger partial charge in [-0.3, -0.25) is 4.57 Å². The number of nitrogens with two attached hydrogens (primary N) is 1. The van der Waals surface area contributed by atoms with E-state index in [0.717, 1.165) is 10.6 Å². The smallest absolute Gasteiger partial charge is 0.384 e. The van der Waals surface area contributed by atoms with Crippen LogP contribution in [-0.2, 0) is 6.18 Å². The molecular formula is C13H5Cl2F6N3S. The molecule has 1 heterocycles. The van der Waals surface area contributed by atoms with E-state index >= 15 is 0 Å². The van der Waals surface area contributed by atoms with E-state index in [-0.39, 0.29) is 5.69 Å². The summed E-state index contributed by atoms with van der Waals surface area (Å²) < 4.78 is 76.8. The SMILES string of the molecule is N#Cc1c(SC(F)(F)F)c(N)n(-c2ccc(C(F)(F)F)cc2Cl)c1Cl. The van der Waals surface area contributed by atoms with E-state index in [2.05, 4.69) is 0 Å². The van der Waals surface area contributed by atoms with Gasteiger partial charge in [0.1, 0.15) is 22.6 Å². The largest absolute Gasteiger partial charge is 0.446 e. The first-order chi connectivity index (χ1) is 11.4. The van der Waals surface area contributed by atoms with E-state index in [1.165, 1.54) is 6.07 Å². The second kappa shape index (κ2) is 6.55. The van der Waals surface area contributed by atoms with Crippen molar-refractivity contribution < 1.29 is 26.3 Å². The molecule has 3 nitrogen and oxygen atoms in total. The van der Waals surface area contributed by atoms with Gasteiger partial charge in [0, 0.05) is 0 Å². The Hall–Kier alpha value is -1.70. The number of rotatable bonds is 2. The van der Waals surface area contributed by atoms with E-state index in [1.807, 2.05) is 0 Å². The van der Waals surface area contributed by atoms with Gasteiger partial charge in [-0.2, -0.15) is 31.6 Å². The lowest BCUT2D eigenvalue weighted by Gasteiger charge is -2.13. The van der Waals surface area contributed by atoms with E-state index in [0.29, 0.717) is 12.1 Å². The van der Waals surface area contributed by atoms with E-state index in [4.69, 9.17) is 34.2 Å². The Bertz CT molecular complexity index is 867. The zero-order valence-corrected chi connectivity index (χ0v) is 14.0. The van der Waals surface area contributed by atoms with Crippen LogP contribution in [0.3, 0.4) is 0 Å². The van der Waals surface area contributed by atoms with Gasteiger partial charge in [0.2, 0.25) is 0 Å². The number of nitrogens with zero attached hydrogens (tertiary/aromatic N) is 2. The van der Waals surface area contributed by atoms with Crippen molar-refractivity contribution >= 4 is 40.8 Å². The fourth-order valence-corrected chi connectivity index (χ4v) is 3.27. The summed E-state index contributed by atoms with van der Waals surface area (Å²) in [5.74, 6) is -0.564. The summed E-state index contributed by atoms with van der Waals surface area (Å²) in [5.41, 5.74) is -0.924. The standard InChI is InChI=1S/C13H5Cl2F6N3S/c14-7-3-5(12(16,17)18)1-2-8(7)24-10(15)6(4-22)9(11(24)23)25-13(19,20)21/h1-3H,23H2. The Morgan fingerprint density at radius 3 is 2.16 bits per heavy atom. The van der Waals surface area contributed by atoms with Gasteiger partial charge in [-0.15, -0.1) is 0 Å². The van der Waals surface area contributed by atoms with Crippen molar-refractivity contribution in [3.8, 4) is 11.8 Å². The molecule has 0 saturated carbocycles. The Morgan fingerprint density at radius 1 is 1.12 bits per heavy atom. The number of thioether (sulfide) groups is 1. The van der Waals surface area contributed by atoms with Crippen molar-refractivity contribution in [2.75, 3.05) is 5.73 Å². The van der Waals surface area contributed by atoms with E-state index in [1.54, 1.807) is 0 Å². The lowest BCUT2D eigenvalue weighted by Crippen LogP contribution is -2.07. The van der Waals surface area contributed by atoms with Crippen LogP contribution in [0.2, 0.25) is 10.2 Å². The number of anilines is 1. The average molecular weight is 420 g/mol. The highest BCUT2D eigenvalue weighted by molar-refractivity contribution is 8.00. The molecule has 0 bridgehead atoms. The minimum atomic E-state index is -4.75. The van der Waals surface area contributed by atoms with Gasteiger partial charge >= 0.3 is 11.7 Å². The third-order valence-corrected chi connectivity index (χ3v) is 4.46. The summed E-state index contributed by atoms with van der Waals surface area (Å²) in [7, 11) is 0. The van der Waals surface area contributed by atoms with Crippen LogP contribution >= 0.6 is 35.0 Å². The summed E-state index contributed by atoms with van der Waals surface area (Å²) in [6.07, 6.45) is -4.66. The number of hydrogen-bond acceptors (Lipinski definition) is 3. The van der Waals surface area contributed by atoms with Crippen LogP contribution in [0.5, 0.6) is 0 Å². The molecule has 1 aromatic carbocycles. The van der Waals surface area contributed by atoms with Crippen molar-refractivity contribution in [2.45, 2.75) is 16.6 Å². The average Bonchev–Trinajstić information content (AvgIpc) is 2.67. The van der Waals surface area contributed by atoms with Gasteiger partial charge < -0.3 is 5.73 Å². The number of benzene rings is 1. The van der Waals surface area contributed by atoms with Gasteiger partial charge in [-0.25, -0.2) is 0 Å². The number of hydrogen-bond donors (Lipinski definition) is 1. The summed E-state index contributed by atoms with van der Waals surface area (Å²) in [5, 5.41) is 8.09. The van der Waals surface area contributed by atoms with Crippen LogP contribution < -0.4 is 5.73 Å². The molecule has 0 atom stereocenters.